The smallest absolute Gasteiger partial charge is 0.244 e. The number of ether oxygens (including phenoxy) is 2. The lowest BCUT2D eigenvalue weighted by Crippen LogP contribution is -2.27. The van der Waals surface area contributed by atoms with Crippen LogP contribution in [0.4, 0.5) is 0 Å². The van der Waals surface area contributed by atoms with E-state index >= 15 is 0 Å². The van der Waals surface area contributed by atoms with Gasteiger partial charge in [0.05, 0.1) is 14.2 Å². The fourth-order valence-corrected chi connectivity index (χ4v) is 4.19. The molecule has 5 heteroatoms. The van der Waals surface area contributed by atoms with Crippen LogP contribution in [0.2, 0.25) is 0 Å². The van der Waals surface area contributed by atoms with E-state index in [9.17, 15) is 4.79 Å². The van der Waals surface area contributed by atoms with E-state index in [1.54, 1.807) is 20.3 Å². The van der Waals surface area contributed by atoms with Gasteiger partial charge < -0.3 is 19.8 Å². The SMILES string of the molecule is COc1cccc(C(CNC(=O)/C=C(\C)c2ccccc2)c2c[nH]c3ccccc23)c1OC. The van der Waals surface area contributed by atoms with E-state index in [4.69, 9.17) is 9.47 Å². The van der Waals surface area contributed by atoms with Gasteiger partial charge in [-0.25, -0.2) is 0 Å². The standard InChI is InChI=1S/C28H28N2O3/c1-19(20-10-5-4-6-11-20)16-27(31)30-18-24(22-13-9-15-26(32-2)28(22)33-3)23-17-29-25-14-8-7-12-21(23)25/h4-17,24,29H,18H2,1-3H3,(H,30,31)/b19-16+. The predicted molar refractivity (Wildman–Crippen MR) is 133 cm³/mol. The van der Waals surface area contributed by atoms with Gasteiger partial charge in [-0.2, -0.15) is 0 Å². The molecule has 1 amide bonds. The van der Waals surface area contributed by atoms with Gasteiger partial charge in [0.1, 0.15) is 0 Å². The molecule has 0 saturated carbocycles. The second kappa shape index (κ2) is 10.1. The summed E-state index contributed by atoms with van der Waals surface area (Å²) in [6.07, 6.45) is 3.65. The molecule has 4 rings (SSSR count). The van der Waals surface area contributed by atoms with Crippen LogP contribution in [0.25, 0.3) is 16.5 Å². The number of carbonyl (C=O) groups excluding carboxylic acids is 1. The van der Waals surface area contributed by atoms with Gasteiger partial charge in [-0.1, -0.05) is 60.7 Å². The van der Waals surface area contributed by atoms with E-state index in [0.717, 1.165) is 33.2 Å². The molecule has 1 atom stereocenters. The number of benzene rings is 3. The molecule has 5 nitrogen and oxygen atoms in total. The first-order valence-corrected chi connectivity index (χ1v) is 10.9. The highest BCUT2D eigenvalue weighted by Crippen LogP contribution is 2.40. The first kappa shape index (κ1) is 22.2. The van der Waals surface area contributed by atoms with Crippen LogP contribution in [0.3, 0.4) is 0 Å². The molecule has 0 saturated heterocycles. The van der Waals surface area contributed by atoms with Crippen molar-refractivity contribution in [3.05, 3.63) is 102 Å². The maximum atomic E-state index is 12.8. The Morgan fingerprint density at radius 3 is 2.45 bits per heavy atom. The molecule has 33 heavy (non-hydrogen) atoms. The van der Waals surface area contributed by atoms with Crippen LogP contribution >= 0.6 is 0 Å². The number of H-pyrrole nitrogens is 1. The molecule has 0 bridgehead atoms. The van der Waals surface area contributed by atoms with Crippen molar-refractivity contribution in [1.29, 1.82) is 0 Å². The summed E-state index contributed by atoms with van der Waals surface area (Å²) in [7, 11) is 3.26. The summed E-state index contributed by atoms with van der Waals surface area (Å²) >= 11 is 0. The number of aromatic nitrogens is 1. The predicted octanol–water partition coefficient (Wildman–Crippen LogP) is 5.54. The number of allylic oxidation sites excluding steroid dienone is 1. The Morgan fingerprint density at radius 1 is 0.939 bits per heavy atom. The topological polar surface area (TPSA) is 63.3 Å². The van der Waals surface area contributed by atoms with Gasteiger partial charge in [0.15, 0.2) is 11.5 Å². The third-order valence-electron chi connectivity index (χ3n) is 5.86. The molecule has 2 N–H and O–H groups in total. The highest BCUT2D eigenvalue weighted by Gasteiger charge is 2.24. The Balaban J connectivity index is 1.68. The van der Waals surface area contributed by atoms with Gasteiger partial charge in [-0.05, 0) is 35.8 Å². The molecule has 0 radical (unpaired) electrons. The summed E-state index contributed by atoms with van der Waals surface area (Å²) < 4.78 is 11.3. The van der Waals surface area contributed by atoms with E-state index < -0.39 is 0 Å². The maximum Gasteiger partial charge on any atom is 0.244 e. The van der Waals surface area contributed by atoms with E-state index in [2.05, 4.69) is 16.4 Å². The third kappa shape index (κ3) is 4.77. The van der Waals surface area contributed by atoms with Crippen molar-refractivity contribution in [3.8, 4) is 11.5 Å². The van der Waals surface area contributed by atoms with Gasteiger partial charge in [0, 0.05) is 41.2 Å². The van der Waals surface area contributed by atoms with Crippen molar-refractivity contribution in [1.82, 2.24) is 10.3 Å². The minimum absolute atomic E-state index is 0.136. The molecule has 0 aliphatic carbocycles. The number of carbonyl (C=O) groups is 1. The summed E-state index contributed by atoms with van der Waals surface area (Å²) in [6.45, 7) is 2.35. The van der Waals surface area contributed by atoms with Crippen LogP contribution < -0.4 is 14.8 Å². The fourth-order valence-electron chi connectivity index (χ4n) is 4.19. The number of para-hydroxylation sites is 2. The number of hydrogen-bond acceptors (Lipinski definition) is 3. The summed E-state index contributed by atoms with van der Waals surface area (Å²) in [4.78, 5) is 16.2. The average molecular weight is 441 g/mol. The minimum atomic E-state index is -0.138. The second-order valence-corrected chi connectivity index (χ2v) is 7.86. The monoisotopic (exact) mass is 440 g/mol. The van der Waals surface area contributed by atoms with Crippen molar-refractivity contribution in [2.24, 2.45) is 0 Å². The Morgan fingerprint density at radius 2 is 1.70 bits per heavy atom. The van der Waals surface area contributed by atoms with Crippen LogP contribution in [-0.2, 0) is 4.79 Å². The minimum Gasteiger partial charge on any atom is -0.493 e. The Hall–Kier alpha value is -3.99. The van der Waals surface area contributed by atoms with Gasteiger partial charge in [0.2, 0.25) is 5.91 Å². The number of fused-ring (bicyclic) bond motifs is 1. The zero-order chi connectivity index (χ0) is 23.2. The van der Waals surface area contributed by atoms with Crippen LogP contribution in [0.1, 0.15) is 29.5 Å². The number of rotatable bonds is 8. The van der Waals surface area contributed by atoms with Gasteiger partial charge >= 0.3 is 0 Å². The lowest BCUT2D eigenvalue weighted by Gasteiger charge is -2.21. The molecule has 0 spiro atoms. The number of hydrogen-bond donors (Lipinski definition) is 2. The van der Waals surface area contributed by atoms with Crippen LogP contribution in [-0.4, -0.2) is 31.7 Å². The zero-order valence-corrected chi connectivity index (χ0v) is 19.1. The first-order valence-electron chi connectivity index (χ1n) is 10.9. The van der Waals surface area contributed by atoms with Gasteiger partial charge in [-0.3, -0.25) is 4.79 Å². The van der Waals surface area contributed by atoms with Crippen molar-refractivity contribution in [2.75, 3.05) is 20.8 Å². The van der Waals surface area contributed by atoms with Gasteiger partial charge in [0.25, 0.3) is 0 Å². The highest BCUT2D eigenvalue weighted by atomic mass is 16.5. The molecular formula is C28H28N2O3. The quantitative estimate of drug-likeness (QED) is 0.354. The second-order valence-electron chi connectivity index (χ2n) is 7.86. The summed E-state index contributed by atoms with van der Waals surface area (Å²) in [5.74, 6) is 1.05. The number of nitrogens with one attached hydrogen (secondary N) is 2. The van der Waals surface area contributed by atoms with E-state index in [0.29, 0.717) is 18.0 Å². The van der Waals surface area contributed by atoms with Crippen LogP contribution in [0.15, 0.2) is 85.1 Å². The van der Waals surface area contributed by atoms with Crippen molar-refractivity contribution < 1.29 is 14.3 Å². The van der Waals surface area contributed by atoms with Crippen molar-refractivity contribution >= 4 is 22.4 Å². The lowest BCUT2D eigenvalue weighted by molar-refractivity contribution is -0.116. The molecule has 3 aromatic carbocycles. The molecule has 4 aromatic rings. The van der Waals surface area contributed by atoms with E-state index in [1.807, 2.05) is 79.9 Å². The zero-order valence-electron chi connectivity index (χ0n) is 19.1. The van der Waals surface area contributed by atoms with Crippen LogP contribution in [0.5, 0.6) is 11.5 Å². The van der Waals surface area contributed by atoms with Gasteiger partial charge in [-0.15, -0.1) is 0 Å². The highest BCUT2D eigenvalue weighted by molar-refractivity contribution is 5.95. The summed E-state index contributed by atoms with van der Waals surface area (Å²) in [5, 5.41) is 4.21. The van der Waals surface area contributed by atoms with Crippen LogP contribution in [0, 0.1) is 0 Å². The van der Waals surface area contributed by atoms with Crippen molar-refractivity contribution in [3.63, 3.8) is 0 Å². The fraction of sp³-hybridized carbons (Fsp3) is 0.179. The van der Waals surface area contributed by atoms with Crippen molar-refractivity contribution in [2.45, 2.75) is 12.8 Å². The molecule has 0 aliphatic rings. The molecular weight excluding hydrogens is 412 g/mol. The summed E-state index contributed by atoms with van der Waals surface area (Å²) in [5.41, 5.74) is 5.02. The van der Waals surface area contributed by atoms with E-state index in [1.165, 1.54) is 0 Å². The first-order chi connectivity index (χ1) is 16.1. The lowest BCUT2D eigenvalue weighted by atomic mass is 9.89. The third-order valence-corrected chi connectivity index (χ3v) is 5.86. The number of methoxy groups -OCH3 is 2. The average Bonchev–Trinajstić information content (AvgIpc) is 3.28. The summed E-state index contributed by atoms with van der Waals surface area (Å²) in [6, 6.07) is 23.9. The molecule has 0 aliphatic heterocycles. The molecule has 0 fully saturated rings. The number of amides is 1. The molecule has 1 aromatic heterocycles. The normalized spacial score (nSPS) is 12.4. The maximum absolute atomic E-state index is 12.8. The largest absolute Gasteiger partial charge is 0.493 e. The number of aromatic amines is 1. The molecule has 168 valence electrons. The molecule has 1 unspecified atom stereocenters. The molecule has 1 heterocycles. The Labute approximate surface area is 194 Å². The Bertz CT molecular complexity index is 1270. The Kier molecular flexibility index (Phi) is 6.79. The van der Waals surface area contributed by atoms with E-state index in [-0.39, 0.29) is 11.8 Å².